The molecule has 5 heteroatoms. The monoisotopic (exact) mass is 391 g/mol. The Morgan fingerprint density at radius 2 is 1.97 bits per heavy atom. The average Bonchev–Trinajstić information content (AvgIpc) is 3.35. The molecule has 2 heterocycles. The van der Waals surface area contributed by atoms with Crippen LogP contribution in [0.4, 0.5) is 0 Å². The van der Waals surface area contributed by atoms with Crippen molar-refractivity contribution in [3.8, 4) is 22.6 Å². The third-order valence-corrected chi connectivity index (χ3v) is 6.04. The number of ether oxygens (including phenoxy) is 1. The van der Waals surface area contributed by atoms with E-state index in [4.69, 9.17) is 4.74 Å². The predicted molar refractivity (Wildman–Crippen MR) is 116 cm³/mol. The van der Waals surface area contributed by atoms with Gasteiger partial charge in [-0.2, -0.15) is 5.10 Å². The minimum atomic E-state index is 0.0189. The molecule has 1 fully saturated rings. The van der Waals surface area contributed by atoms with Crippen molar-refractivity contribution in [1.29, 1.82) is 0 Å². The fourth-order valence-corrected chi connectivity index (χ4v) is 3.74. The van der Waals surface area contributed by atoms with Crippen molar-refractivity contribution in [2.45, 2.75) is 53.0 Å². The Kier molecular flexibility index (Phi) is 5.31. The maximum Gasteiger partial charge on any atom is 0.250 e. The van der Waals surface area contributed by atoms with Crippen molar-refractivity contribution in [3.63, 3.8) is 0 Å². The molecule has 1 aliphatic carbocycles. The molecule has 0 saturated heterocycles. The number of aromatic nitrogens is 3. The molecule has 152 valence electrons. The number of hydrogen-bond acceptors (Lipinski definition) is 3. The molecule has 0 N–H and O–H groups in total. The van der Waals surface area contributed by atoms with E-state index in [1.165, 1.54) is 24.8 Å². The van der Waals surface area contributed by atoms with Gasteiger partial charge in [-0.25, -0.2) is 4.68 Å². The summed E-state index contributed by atoms with van der Waals surface area (Å²) in [6, 6.07) is 9.69. The first-order chi connectivity index (χ1) is 14.0. The van der Waals surface area contributed by atoms with E-state index in [-0.39, 0.29) is 5.56 Å². The van der Waals surface area contributed by atoms with Crippen LogP contribution in [-0.4, -0.2) is 21.0 Å². The second-order valence-corrected chi connectivity index (χ2v) is 8.21. The van der Waals surface area contributed by atoms with E-state index >= 15 is 0 Å². The summed E-state index contributed by atoms with van der Waals surface area (Å²) in [5.74, 6) is 0.935. The highest BCUT2D eigenvalue weighted by Gasteiger charge is 2.41. The lowest BCUT2D eigenvalue weighted by Crippen LogP contribution is -2.19. The Labute approximate surface area is 172 Å². The number of rotatable bonds is 8. The first-order valence-corrected chi connectivity index (χ1v) is 10.5. The van der Waals surface area contributed by atoms with Gasteiger partial charge in [0.1, 0.15) is 5.75 Å². The topological polar surface area (TPSA) is 49.0 Å². The van der Waals surface area contributed by atoms with E-state index < -0.39 is 0 Å². The largest absolute Gasteiger partial charge is 0.493 e. The molecule has 3 aromatic rings. The van der Waals surface area contributed by atoms with Crippen molar-refractivity contribution in [3.05, 3.63) is 64.8 Å². The molecule has 5 nitrogen and oxygen atoms in total. The number of nitrogens with zero attached hydrogens (tertiary/aromatic N) is 3. The normalized spacial score (nSPS) is 14.7. The zero-order chi connectivity index (χ0) is 20.4. The van der Waals surface area contributed by atoms with Gasteiger partial charge in [-0.15, -0.1) is 0 Å². The molecule has 1 aliphatic rings. The minimum absolute atomic E-state index is 0.0189. The van der Waals surface area contributed by atoms with Crippen LogP contribution in [0.1, 0.15) is 45.1 Å². The van der Waals surface area contributed by atoms with Gasteiger partial charge in [-0.3, -0.25) is 4.79 Å². The molecule has 1 aromatic carbocycles. The van der Waals surface area contributed by atoms with E-state index in [9.17, 15) is 4.79 Å². The molecule has 2 aromatic heterocycles. The predicted octanol–water partition coefficient (Wildman–Crippen LogP) is 4.99. The second-order valence-electron chi connectivity index (χ2n) is 8.21. The SMILES string of the molecule is CCCn1cc(-n2cc(-c3ccc(OCC4(CC)CC4)cc3C)cn2)ccc1=O. The Bertz CT molecular complexity index is 1060. The maximum absolute atomic E-state index is 12.0. The molecule has 0 amide bonds. The molecular formula is C24H29N3O2. The molecule has 0 aliphatic heterocycles. The molecule has 0 spiro atoms. The van der Waals surface area contributed by atoms with E-state index in [0.717, 1.165) is 35.6 Å². The lowest BCUT2D eigenvalue weighted by atomic mass is 10.0. The zero-order valence-electron chi connectivity index (χ0n) is 17.5. The number of hydrogen-bond donors (Lipinski definition) is 0. The highest BCUT2D eigenvalue weighted by atomic mass is 16.5. The van der Waals surface area contributed by atoms with Gasteiger partial charge in [0.25, 0.3) is 5.56 Å². The van der Waals surface area contributed by atoms with Crippen LogP contribution in [0.3, 0.4) is 0 Å². The average molecular weight is 392 g/mol. The molecule has 0 radical (unpaired) electrons. The summed E-state index contributed by atoms with van der Waals surface area (Å²) >= 11 is 0. The summed E-state index contributed by atoms with van der Waals surface area (Å²) < 4.78 is 9.62. The summed E-state index contributed by atoms with van der Waals surface area (Å²) in [6.45, 7) is 7.94. The van der Waals surface area contributed by atoms with E-state index in [0.29, 0.717) is 12.0 Å². The molecule has 1 saturated carbocycles. The highest BCUT2D eigenvalue weighted by Crippen LogP contribution is 2.48. The number of aryl methyl sites for hydroxylation is 2. The third-order valence-electron chi connectivity index (χ3n) is 6.04. The van der Waals surface area contributed by atoms with Crippen molar-refractivity contribution in [2.24, 2.45) is 5.41 Å². The van der Waals surface area contributed by atoms with Crippen LogP contribution >= 0.6 is 0 Å². The molecule has 0 unspecified atom stereocenters. The van der Waals surface area contributed by atoms with Gasteiger partial charge >= 0.3 is 0 Å². The van der Waals surface area contributed by atoms with Crippen LogP contribution in [0.15, 0.2) is 53.7 Å². The summed E-state index contributed by atoms with van der Waals surface area (Å²) in [4.78, 5) is 12.0. The van der Waals surface area contributed by atoms with Crippen molar-refractivity contribution < 1.29 is 4.74 Å². The molecule has 0 bridgehead atoms. The van der Waals surface area contributed by atoms with Crippen LogP contribution in [-0.2, 0) is 6.54 Å². The van der Waals surface area contributed by atoms with Gasteiger partial charge in [0.15, 0.2) is 0 Å². The Hall–Kier alpha value is -2.82. The van der Waals surface area contributed by atoms with Gasteiger partial charge < -0.3 is 9.30 Å². The van der Waals surface area contributed by atoms with Crippen LogP contribution in [0, 0.1) is 12.3 Å². The van der Waals surface area contributed by atoms with Gasteiger partial charge in [-0.1, -0.05) is 19.9 Å². The standard InChI is InChI=1S/C24H29N3O2/c1-4-12-26-16-20(6-9-23(26)28)27-15-19(14-25-27)22-8-7-21(13-18(22)3)29-17-24(5-2)10-11-24/h6-9,13-16H,4-5,10-12,17H2,1-3H3. The van der Waals surface area contributed by atoms with Gasteiger partial charge in [-0.05, 0) is 61.9 Å². The lowest BCUT2D eigenvalue weighted by molar-refractivity contribution is 0.229. The quantitative estimate of drug-likeness (QED) is 0.544. The summed E-state index contributed by atoms with van der Waals surface area (Å²) in [7, 11) is 0. The maximum atomic E-state index is 12.0. The summed E-state index contributed by atoms with van der Waals surface area (Å²) in [6.07, 6.45) is 10.4. The first kappa shape index (κ1) is 19.5. The molecule has 29 heavy (non-hydrogen) atoms. The summed E-state index contributed by atoms with van der Waals surface area (Å²) in [5, 5.41) is 4.52. The van der Waals surface area contributed by atoms with Gasteiger partial charge in [0.2, 0.25) is 0 Å². The zero-order valence-corrected chi connectivity index (χ0v) is 17.5. The van der Waals surface area contributed by atoms with Gasteiger partial charge in [0, 0.05) is 36.0 Å². The Morgan fingerprint density at radius 3 is 2.66 bits per heavy atom. The van der Waals surface area contributed by atoms with Gasteiger partial charge in [0.05, 0.1) is 18.5 Å². The van der Waals surface area contributed by atoms with Crippen molar-refractivity contribution in [1.82, 2.24) is 14.3 Å². The van der Waals surface area contributed by atoms with Crippen molar-refractivity contribution >= 4 is 0 Å². The van der Waals surface area contributed by atoms with E-state index in [1.54, 1.807) is 10.6 Å². The van der Waals surface area contributed by atoms with E-state index in [2.05, 4.69) is 38.0 Å². The third kappa shape index (κ3) is 4.14. The van der Waals surface area contributed by atoms with Crippen LogP contribution in [0.25, 0.3) is 16.8 Å². The van der Waals surface area contributed by atoms with E-state index in [1.807, 2.05) is 35.4 Å². The summed E-state index contributed by atoms with van der Waals surface area (Å²) in [5.41, 5.74) is 4.68. The Morgan fingerprint density at radius 1 is 1.14 bits per heavy atom. The molecule has 4 rings (SSSR count). The highest BCUT2D eigenvalue weighted by molar-refractivity contribution is 5.67. The first-order valence-electron chi connectivity index (χ1n) is 10.5. The molecule has 0 atom stereocenters. The molecular weight excluding hydrogens is 362 g/mol. The van der Waals surface area contributed by atoms with Crippen LogP contribution in [0.2, 0.25) is 0 Å². The second kappa shape index (κ2) is 7.90. The number of pyridine rings is 1. The smallest absolute Gasteiger partial charge is 0.250 e. The minimum Gasteiger partial charge on any atom is -0.493 e. The fraction of sp³-hybridized carbons (Fsp3) is 0.417. The Balaban J connectivity index is 1.53. The lowest BCUT2D eigenvalue weighted by Gasteiger charge is -2.15. The number of benzene rings is 1. The fourth-order valence-electron chi connectivity index (χ4n) is 3.74. The van der Waals surface area contributed by atoms with Crippen molar-refractivity contribution in [2.75, 3.05) is 6.61 Å². The van der Waals surface area contributed by atoms with Crippen LogP contribution < -0.4 is 10.3 Å². The van der Waals surface area contributed by atoms with Crippen LogP contribution in [0.5, 0.6) is 5.75 Å².